The van der Waals surface area contributed by atoms with Gasteiger partial charge in [-0.05, 0) is 13.0 Å². The predicted octanol–water partition coefficient (Wildman–Crippen LogP) is -8.81. The second-order valence-corrected chi connectivity index (χ2v) is 9.93. The van der Waals surface area contributed by atoms with Gasteiger partial charge in [0.2, 0.25) is 5.91 Å². The van der Waals surface area contributed by atoms with Gasteiger partial charge < -0.3 is 88.1 Å². The molecule has 0 aromatic heterocycles. The highest BCUT2D eigenvalue weighted by molar-refractivity contribution is 5.80. The molecule has 16 atom stereocenters. The quantitative estimate of drug-likeness (QED) is 0.116. The Morgan fingerprint density at radius 2 is 1.38 bits per heavy atom. The minimum Gasteiger partial charge on any atom is -0.394 e. The lowest BCUT2D eigenvalue weighted by atomic mass is 9.81. The number of aliphatic hydroxyl groups excluding tert-OH is 8. The van der Waals surface area contributed by atoms with Gasteiger partial charge in [0.25, 0.3) is 0 Å². The molecule has 0 radical (unpaired) electrons. The summed E-state index contributed by atoms with van der Waals surface area (Å²) in [5, 5.41) is 84.7. The third kappa shape index (κ3) is 6.67. The molecule has 1 aliphatic carbocycles. The average Bonchev–Trinajstić information content (AvgIpc) is 3.19. The highest BCUT2D eigenvalue weighted by Gasteiger charge is 2.55. The van der Waals surface area contributed by atoms with E-state index in [1.807, 2.05) is 0 Å². The third-order valence-electron chi connectivity index (χ3n) is 7.28. The Kier molecular flexibility index (Phi) is 11.3. The first-order chi connectivity index (χ1) is 18.4. The third-order valence-corrected chi connectivity index (χ3v) is 7.28. The summed E-state index contributed by atoms with van der Waals surface area (Å²) >= 11 is 0. The molecule has 2 heterocycles. The lowest BCUT2D eigenvalue weighted by Crippen LogP contribution is -2.74. The summed E-state index contributed by atoms with van der Waals surface area (Å²) in [5.74, 6) is -0.970. The topological polar surface area (TPSA) is 332 Å². The van der Waals surface area contributed by atoms with Crippen LogP contribution in [-0.2, 0) is 23.7 Å². The van der Waals surface area contributed by atoms with Gasteiger partial charge in [-0.25, -0.2) is 0 Å². The van der Waals surface area contributed by atoms with Crippen LogP contribution in [0, 0.1) is 0 Å². The molecule has 0 aromatic rings. The highest BCUT2D eigenvalue weighted by atomic mass is 16.7. The monoisotopic (exact) mass is 571 g/mol. The number of aliphatic hydroxyl groups is 8. The fourth-order valence-corrected chi connectivity index (χ4v) is 4.86. The van der Waals surface area contributed by atoms with E-state index in [4.69, 9.17) is 41.9 Å². The van der Waals surface area contributed by atoms with E-state index in [-0.39, 0.29) is 19.5 Å². The summed E-state index contributed by atoms with van der Waals surface area (Å²) < 4.78 is 22.5. The summed E-state index contributed by atoms with van der Waals surface area (Å²) in [4.78, 5) is 12.4. The van der Waals surface area contributed by atoms with E-state index >= 15 is 0 Å². The van der Waals surface area contributed by atoms with E-state index in [0.717, 1.165) is 0 Å². The van der Waals surface area contributed by atoms with Crippen molar-refractivity contribution in [2.75, 3.05) is 19.7 Å². The van der Waals surface area contributed by atoms with Crippen LogP contribution in [0.1, 0.15) is 6.42 Å². The number of hydrogen-bond acceptors (Lipinski definition) is 17. The van der Waals surface area contributed by atoms with Crippen LogP contribution in [0.2, 0.25) is 0 Å². The van der Waals surface area contributed by atoms with Crippen LogP contribution in [0.3, 0.4) is 0 Å². The van der Waals surface area contributed by atoms with Gasteiger partial charge >= 0.3 is 0 Å². The van der Waals surface area contributed by atoms with Crippen molar-refractivity contribution >= 4 is 5.91 Å². The molecule has 1 amide bonds. The molecule has 0 spiro atoms. The Morgan fingerprint density at radius 1 is 0.795 bits per heavy atom. The van der Waals surface area contributed by atoms with E-state index in [1.54, 1.807) is 0 Å². The van der Waals surface area contributed by atoms with E-state index in [2.05, 4.69) is 5.32 Å². The van der Waals surface area contributed by atoms with Crippen LogP contribution in [0.4, 0.5) is 0 Å². The van der Waals surface area contributed by atoms with Crippen LogP contribution in [-0.4, -0.2) is 164 Å². The number of nitrogens with one attached hydrogen (secondary N) is 1. The number of amides is 1. The van der Waals surface area contributed by atoms with Gasteiger partial charge in [0, 0.05) is 6.54 Å². The second kappa shape index (κ2) is 13.7. The lowest BCUT2D eigenvalue weighted by Gasteiger charge is -2.49. The van der Waals surface area contributed by atoms with Crippen molar-refractivity contribution in [2.24, 2.45) is 22.9 Å². The van der Waals surface area contributed by atoms with Crippen molar-refractivity contribution in [3.63, 3.8) is 0 Å². The highest BCUT2D eigenvalue weighted by Crippen LogP contribution is 2.32. The molecule has 17 N–H and O–H groups in total. The van der Waals surface area contributed by atoms with Gasteiger partial charge in [0.1, 0.15) is 61.0 Å². The Labute approximate surface area is 223 Å². The summed E-state index contributed by atoms with van der Waals surface area (Å²) in [6.07, 6.45) is -20.0. The first-order valence-corrected chi connectivity index (χ1v) is 12.6. The Hall–Kier alpha value is -1.17. The summed E-state index contributed by atoms with van der Waals surface area (Å²) in [6.45, 7) is -0.927. The molecule has 18 heteroatoms. The molecule has 3 rings (SSSR count). The van der Waals surface area contributed by atoms with E-state index in [9.17, 15) is 45.6 Å². The van der Waals surface area contributed by atoms with Gasteiger partial charge in [-0.1, -0.05) is 0 Å². The van der Waals surface area contributed by atoms with E-state index in [0.29, 0.717) is 0 Å². The van der Waals surface area contributed by atoms with Crippen molar-refractivity contribution in [1.29, 1.82) is 0 Å². The number of carbonyl (C=O) groups excluding carboxylic acids is 1. The standard InChI is InChI=1S/C21H41N5O13/c22-2-1-5(28)19(35)26-10-13(31)8(24)17(38-20-9(25)14(32)11(29)6(3-23)36-20)18(15(10)33)39-21-16(34)12(30)7(4-27)37-21/h5-18,20-21,27-34H,1-4,22-25H2,(H,26,35)/t5?,6-,7-,8+,9-,10+,11-,12-,13+,14-,15+,16-,17-,18-,20-,21+/m1/s1. The minimum absolute atomic E-state index is 0.0250. The zero-order chi connectivity index (χ0) is 29.2. The van der Waals surface area contributed by atoms with Crippen LogP contribution in [0.5, 0.6) is 0 Å². The largest absolute Gasteiger partial charge is 0.394 e. The van der Waals surface area contributed by atoms with Crippen LogP contribution < -0.4 is 28.3 Å². The summed E-state index contributed by atoms with van der Waals surface area (Å²) in [6, 6.07) is -4.33. The van der Waals surface area contributed by atoms with Crippen molar-refractivity contribution in [1.82, 2.24) is 5.32 Å². The van der Waals surface area contributed by atoms with E-state index in [1.165, 1.54) is 0 Å². The van der Waals surface area contributed by atoms with Gasteiger partial charge in [-0.2, -0.15) is 0 Å². The Morgan fingerprint density at radius 3 is 1.95 bits per heavy atom. The van der Waals surface area contributed by atoms with Gasteiger partial charge in [0.15, 0.2) is 12.6 Å². The van der Waals surface area contributed by atoms with Gasteiger partial charge in [-0.15, -0.1) is 0 Å². The molecule has 39 heavy (non-hydrogen) atoms. The molecule has 2 aliphatic heterocycles. The maximum absolute atomic E-state index is 12.4. The van der Waals surface area contributed by atoms with Gasteiger partial charge in [0.05, 0.1) is 30.8 Å². The van der Waals surface area contributed by atoms with Crippen LogP contribution in [0.25, 0.3) is 0 Å². The number of nitrogens with two attached hydrogens (primary N) is 4. The fraction of sp³-hybridized carbons (Fsp3) is 0.952. The molecule has 1 unspecified atom stereocenters. The minimum atomic E-state index is -1.83. The maximum atomic E-state index is 12.4. The molecular weight excluding hydrogens is 530 g/mol. The Bertz CT molecular complexity index is 801. The molecule has 18 nitrogen and oxygen atoms in total. The van der Waals surface area contributed by atoms with Crippen molar-refractivity contribution in [3.05, 3.63) is 0 Å². The lowest BCUT2D eigenvalue weighted by molar-refractivity contribution is -0.312. The molecule has 3 aliphatic rings. The number of rotatable bonds is 10. The number of ether oxygens (including phenoxy) is 4. The van der Waals surface area contributed by atoms with Crippen LogP contribution in [0.15, 0.2) is 0 Å². The zero-order valence-electron chi connectivity index (χ0n) is 21.0. The molecule has 3 fully saturated rings. The molecular formula is C21H41N5O13. The number of hydrogen-bond donors (Lipinski definition) is 13. The molecule has 228 valence electrons. The normalized spacial score (nSPS) is 47.6. The first-order valence-electron chi connectivity index (χ1n) is 12.6. The maximum Gasteiger partial charge on any atom is 0.249 e. The van der Waals surface area contributed by atoms with E-state index < -0.39 is 110 Å². The second-order valence-electron chi connectivity index (χ2n) is 9.93. The average molecular weight is 572 g/mol. The molecule has 2 saturated heterocycles. The van der Waals surface area contributed by atoms with Crippen molar-refractivity contribution in [3.8, 4) is 0 Å². The Balaban J connectivity index is 1.89. The summed E-state index contributed by atoms with van der Waals surface area (Å²) in [7, 11) is 0. The zero-order valence-corrected chi connectivity index (χ0v) is 21.0. The molecule has 0 bridgehead atoms. The summed E-state index contributed by atoms with van der Waals surface area (Å²) in [5.41, 5.74) is 23.2. The fourth-order valence-electron chi connectivity index (χ4n) is 4.86. The smallest absolute Gasteiger partial charge is 0.249 e. The molecule has 1 saturated carbocycles. The predicted molar refractivity (Wildman–Crippen MR) is 127 cm³/mol. The first kappa shape index (κ1) is 32.3. The van der Waals surface area contributed by atoms with Crippen molar-refractivity contribution in [2.45, 2.75) is 104 Å². The molecule has 0 aromatic carbocycles. The van der Waals surface area contributed by atoms with Crippen LogP contribution >= 0.6 is 0 Å². The van der Waals surface area contributed by atoms with Crippen molar-refractivity contribution < 1.29 is 64.6 Å². The SMILES string of the molecule is NCCC(O)C(=O)N[C@H]1[C@@H](O)[C@H](N)[C@@H](O[C@H]2O[C@H](CN)[C@@H](O)[C@H](O)[C@H]2N)[C@H](O[C@@H]2O[C@H](CO)[C@@H](O)[C@H]2O)[C@H]1O. The number of carbonyl (C=O) groups is 1. The van der Waals surface area contributed by atoms with Gasteiger partial charge in [-0.3, -0.25) is 4.79 Å².